The lowest BCUT2D eigenvalue weighted by molar-refractivity contribution is -0.114. The molecule has 0 aliphatic carbocycles. The summed E-state index contributed by atoms with van der Waals surface area (Å²) in [5.41, 5.74) is 0.680. The smallest absolute Gasteiger partial charge is 0.159 e. The first-order chi connectivity index (χ1) is 5.72. The fourth-order valence-electron chi connectivity index (χ4n) is 0.920. The van der Waals surface area contributed by atoms with Gasteiger partial charge in [-0.1, -0.05) is 18.7 Å². The quantitative estimate of drug-likeness (QED) is 0.625. The van der Waals surface area contributed by atoms with Crippen molar-refractivity contribution in [3.05, 3.63) is 48.3 Å². The minimum absolute atomic E-state index is 0.0967. The predicted octanol–water partition coefficient (Wildman–Crippen LogP) is 2.12. The Morgan fingerprint density at radius 3 is 2.92 bits per heavy atom. The maximum atomic E-state index is 12.6. The van der Waals surface area contributed by atoms with Gasteiger partial charge in [0.05, 0.1) is 0 Å². The van der Waals surface area contributed by atoms with E-state index in [1.165, 1.54) is 18.2 Å². The van der Waals surface area contributed by atoms with Crippen LogP contribution >= 0.6 is 0 Å². The molecule has 0 atom stereocenters. The van der Waals surface area contributed by atoms with E-state index in [1.54, 1.807) is 12.1 Å². The average molecular weight is 164 g/mol. The molecule has 0 N–H and O–H groups in total. The normalized spacial score (nSPS) is 9.42. The molecule has 0 aliphatic heterocycles. The number of hydrogen-bond acceptors (Lipinski definition) is 1. The van der Waals surface area contributed by atoms with Crippen molar-refractivity contribution < 1.29 is 9.18 Å². The summed E-state index contributed by atoms with van der Waals surface area (Å²) >= 11 is 0. The molecule has 1 nitrogen and oxygen atoms in total. The van der Waals surface area contributed by atoms with Gasteiger partial charge in [-0.15, -0.1) is 0 Å². The van der Waals surface area contributed by atoms with Crippen LogP contribution in [0.2, 0.25) is 0 Å². The van der Waals surface area contributed by atoms with Crippen molar-refractivity contribution in [3.8, 4) is 0 Å². The van der Waals surface area contributed by atoms with Crippen LogP contribution in [0.4, 0.5) is 4.39 Å². The molecule has 0 amide bonds. The Hall–Kier alpha value is -1.44. The highest BCUT2D eigenvalue weighted by atomic mass is 19.1. The molecule has 0 spiro atoms. The lowest BCUT2D eigenvalue weighted by atomic mass is 10.1. The van der Waals surface area contributed by atoms with Crippen LogP contribution < -0.4 is 0 Å². The van der Waals surface area contributed by atoms with Gasteiger partial charge in [-0.2, -0.15) is 0 Å². The number of benzene rings is 1. The van der Waals surface area contributed by atoms with Crippen molar-refractivity contribution >= 4 is 5.78 Å². The zero-order valence-corrected chi connectivity index (χ0v) is 6.59. The second-order valence-electron chi connectivity index (χ2n) is 2.48. The number of rotatable bonds is 3. The van der Waals surface area contributed by atoms with E-state index < -0.39 is 0 Å². The minimum Gasteiger partial charge on any atom is -0.295 e. The van der Waals surface area contributed by atoms with Crippen LogP contribution in [0.15, 0.2) is 36.9 Å². The number of allylic oxidation sites excluding steroid dienone is 1. The van der Waals surface area contributed by atoms with Crippen molar-refractivity contribution in [1.29, 1.82) is 0 Å². The van der Waals surface area contributed by atoms with Gasteiger partial charge >= 0.3 is 0 Å². The third-order valence-corrected chi connectivity index (χ3v) is 1.50. The zero-order valence-electron chi connectivity index (χ0n) is 6.59. The van der Waals surface area contributed by atoms with E-state index in [-0.39, 0.29) is 18.0 Å². The van der Waals surface area contributed by atoms with E-state index in [2.05, 4.69) is 6.58 Å². The Balaban J connectivity index is 2.76. The molecule has 0 radical (unpaired) electrons. The summed E-state index contributed by atoms with van der Waals surface area (Å²) in [6, 6.07) is 5.99. The molecule has 62 valence electrons. The Kier molecular flexibility index (Phi) is 2.75. The molecule has 2 heteroatoms. The number of carbonyl (C=O) groups is 1. The molecule has 0 aromatic heterocycles. The first-order valence-electron chi connectivity index (χ1n) is 3.62. The minimum atomic E-state index is -0.315. The fraction of sp³-hybridized carbons (Fsp3) is 0.100. The van der Waals surface area contributed by atoms with E-state index in [1.807, 2.05) is 0 Å². The lowest BCUT2D eigenvalue weighted by Gasteiger charge is -1.96. The van der Waals surface area contributed by atoms with Gasteiger partial charge < -0.3 is 0 Å². The molecule has 1 aromatic carbocycles. The zero-order chi connectivity index (χ0) is 8.97. The van der Waals surface area contributed by atoms with Gasteiger partial charge in [0.25, 0.3) is 0 Å². The highest BCUT2D eigenvalue weighted by molar-refractivity contribution is 5.90. The molecule has 0 heterocycles. The van der Waals surface area contributed by atoms with Crippen molar-refractivity contribution in [3.63, 3.8) is 0 Å². The van der Waals surface area contributed by atoms with E-state index >= 15 is 0 Å². The Labute approximate surface area is 70.5 Å². The van der Waals surface area contributed by atoms with Crippen molar-refractivity contribution in [1.82, 2.24) is 0 Å². The van der Waals surface area contributed by atoms with Crippen LogP contribution in [0, 0.1) is 5.82 Å². The van der Waals surface area contributed by atoms with E-state index in [0.717, 1.165) is 0 Å². The second-order valence-corrected chi connectivity index (χ2v) is 2.48. The molecule has 1 rings (SSSR count). The first-order valence-corrected chi connectivity index (χ1v) is 3.62. The van der Waals surface area contributed by atoms with Gasteiger partial charge in [0, 0.05) is 6.42 Å². The number of carbonyl (C=O) groups excluding carboxylic acids is 1. The van der Waals surface area contributed by atoms with E-state index in [0.29, 0.717) is 5.56 Å². The Morgan fingerprint density at radius 1 is 1.58 bits per heavy atom. The molecule has 0 saturated heterocycles. The summed E-state index contributed by atoms with van der Waals surface area (Å²) in [6.07, 6.45) is 1.46. The number of hydrogen-bond donors (Lipinski definition) is 0. The molecular weight excluding hydrogens is 155 g/mol. The SMILES string of the molecule is C=CC(=O)Cc1cccc(F)c1. The molecule has 1 aromatic rings. The van der Waals surface area contributed by atoms with Crippen LogP contribution in [-0.2, 0) is 11.2 Å². The van der Waals surface area contributed by atoms with E-state index in [9.17, 15) is 9.18 Å². The molecule has 0 bridgehead atoms. The fourth-order valence-corrected chi connectivity index (χ4v) is 0.920. The molecule has 0 unspecified atom stereocenters. The second kappa shape index (κ2) is 3.81. The van der Waals surface area contributed by atoms with Gasteiger partial charge in [0.15, 0.2) is 5.78 Å². The summed E-state index contributed by atoms with van der Waals surface area (Å²) in [7, 11) is 0. The monoisotopic (exact) mass is 164 g/mol. The third-order valence-electron chi connectivity index (χ3n) is 1.50. The van der Waals surface area contributed by atoms with Crippen LogP contribution in [0.1, 0.15) is 5.56 Å². The highest BCUT2D eigenvalue weighted by Gasteiger charge is 1.99. The highest BCUT2D eigenvalue weighted by Crippen LogP contribution is 2.04. The van der Waals surface area contributed by atoms with Gasteiger partial charge in [0.1, 0.15) is 5.82 Å². The molecule has 0 aliphatic rings. The Bertz CT molecular complexity index is 304. The maximum absolute atomic E-state index is 12.6. The molecule has 0 fully saturated rings. The largest absolute Gasteiger partial charge is 0.295 e. The van der Waals surface area contributed by atoms with Gasteiger partial charge in [-0.3, -0.25) is 4.79 Å². The van der Waals surface area contributed by atoms with Gasteiger partial charge in [0.2, 0.25) is 0 Å². The molecule has 12 heavy (non-hydrogen) atoms. The number of ketones is 1. The topological polar surface area (TPSA) is 17.1 Å². The van der Waals surface area contributed by atoms with Crippen molar-refractivity contribution in [2.24, 2.45) is 0 Å². The van der Waals surface area contributed by atoms with Gasteiger partial charge in [-0.25, -0.2) is 4.39 Å². The molecular formula is C10H9FO. The summed E-state index contributed by atoms with van der Waals surface area (Å²) in [5, 5.41) is 0. The summed E-state index contributed by atoms with van der Waals surface area (Å²) in [4.78, 5) is 10.9. The number of halogens is 1. The Morgan fingerprint density at radius 2 is 2.33 bits per heavy atom. The van der Waals surface area contributed by atoms with E-state index in [4.69, 9.17) is 0 Å². The summed E-state index contributed by atoms with van der Waals surface area (Å²) in [6.45, 7) is 3.34. The van der Waals surface area contributed by atoms with Crippen LogP contribution in [0.25, 0.3) is 0 Å². The van der Waals surface area contributed by atoms with Crippen LogP contribution in [0.5, 0.6) is 0 Å². The van der Waals surface area contributed by atoms with Gasteiger partial charge in [-0.05, 0) is 23.8 Å². The first kappa shape index (κ1) is 8.65. The van der Waals surface area contributed by atoms with Crippen LogP contribution in [-0.4, -0.2) is 5.78 Å². The molecule has 0 saturated carbocycles. The van der Waals surface area contributed by atoms with Crippen molar-refractivity contribution in [2.45, 2.75) is 6.42 Å². The standard InChI is InChI=1S/C10H9FO/c1-2-10(12)7-8-4-3-5-9(11)6-8/h2-6H,1,7H2. The summed E-state index contributed by atoms with van der Waals surface area (Å²) in [5.74, 6) is -0.412. The predicted molar refractivity (Wildman–Crippen MR) is 45.3 cm³/mol. The van der Waals surface area contributed by atoms with Crippen molar-refractivity contribution in [2.75, 3.05) is 0 Å². The van der Waals surface area contributed by atoms with Crippen LogP contribution in [0.3, 0.4) is 0 Å². The third kappa shape index (κ3) is 2.31. The average Bonchev–Trinajstić information content (AvgIpc) is 2.04. The lowest BCUT2D eigenvalue weighted by Crippen LogP contribution is -1.97. The summed E-state index contributed by atoms with van der Waals surface area (Å²) < 4.78 is 12.6. The maximum Gasteiger partial charge on any atom is 0.159 e.